The van der Waals surface area contributed by atoms with Crippen LogP contribution in [0, 0.1) is 0 Å². The van der Waals surface area contributed by atoms with Crippen molar-refractivity contribution in [2.45, 2.75) is 6.42 Å². The standard InChI is InChI=1S/C18H19N5O2/c1-22-12-15(11-21-22)17-7-13-6-16(19-9-14(13)10-20-17)8-18(24)23-2-4-25-5-3-23/h6-7,9-12H,2-5,8H2,1H3. The first-order valence-electron chi connectivity index (χ1n) is 8.28. The number of hydrogen-bond acceptors (Lipinski definition) is 5. The molecule has 7 heteroatoms. The number of carbonyl (C=O) groups excluding carboxylic acids is 1. The first kappa shape index (κ1) is 15.7. The Balaban J connectivity index is 1.59. The Morgan fingerprint density at radius 3 is 2.68 bits per heavy atom. The van der Waals surface area contributed by atoms with Gasteiger partial charge in [0.1, 0.15) is 0 Å². The highest BCUT2D eigenvalue weighted by Crippen LogP contribution is 2.21. The average Bonchev–Trinajstić information content (AvgIpc) is 3.08. The molecule has 3 aromatic rings. The Labute approximate surface area is 145 Å². The van der Waals surface area contributed by atoms with Gasteiger partial charge in [-0.05, 0) is 17.5 Å². The molecule has 0 saturated carbocycles. The highest BCUT2D eigenvalue weighted by atomic mass is 16.5. The molecule has 0 atom stereocenters. The van der Waals surface area contributed by atoms with Gasteiger partial charge in [-0.3, -0.25) is 19.4 Å². The zero-order valence-electron chi connectivity index (χ0n) is 14.1. The second-order valence-corrected chi connectivity index (χ2v) is 6.16. The molecule has 0 spiro atoms. The van der Waals surface area contributed by atoms with Crippen LogP contribution in [0.4, 0.5) is 0 Å². The Bertz CT molecular complexity index is 915. The number of pyridine rings is 2. The van der Waals surface area contributed by atoms with Crippen molar-refractivity contribution in [1.29, 1.82) is 0 Å². The van der Waals surface area contributed by atoms with E-state index in [9.17, 15) is 4.79 Å². The molecule has 1 aliphatic rings. The lowest BCUT2D eigenvalue weighted by Crippen LogP contribution is -2.41. The van der Waals surface area contributed by atoms with Gasteiger partial charge >= 0.3 is 0 Å². The minimum Gasteiger partial charge on any atom is -0.378 e. The van der Waals surface area contributed by atoms with Gasteiger partial charge in [-0.2, -0.15) is 5.10 Å². The van der Waals surface area contributed by atoms with Crippen LogP contribution < -0.4 is 0 Å². The van der Waals surface area contributed by atoms with Gasteiger partial charge in [0.2, 0.25) is 5.91 Å². The summed E-state index contributed by atoms with van der Waals surface area (Å²) in [5, 5.41) is 6.16. The topological polar surface area (TPSA) is 73.1 Å². The Hall–Kier alpha value is -2.80. The number of ether oxygens (including phenoxy) is 1. The number of fused-ring (bicyclic) bond motifs is 1. The van der Waals surface area contributed by atoms with Crippen LogP contribution in [0.3, 0.4) is 0 Å². The number of nitrogens with zero attached hydrogens (tertiary/aromatic N) is 5. The molecule has 1 amide bonds. The molecule has 4 rings (SSSR count). The van der Waals surface area contributed by atoms with E-state index in [1.54, 1.807) is 23.3 Å². The smallest absolute Gasteiger partial charge is 0.228 e. The molecule has 0 unspecified atom stereocenters. The predicted molar refractivity (Wildman–Crippen MR) is 92.8 cm³/mol. The second kappa shape index (κ2) is 6.60. The maximum absolute atomic E-state index is 12.4. The van der Waals surface area contributed by atoms with Gasteiger partial charge in [-0.25, -0.2) is 0 Å². The Morgan fingerprint density at radius 1 is 1.12 bits per heavy atom. The van der Waals surface area contributed by atoms with Crippen molar-refractivity contribution >= 4 is 16.7 Å². The van der Waals surface area contributed by atoms with Crippen molar-refractivity contribution in [3.8, 4) is 11.3 Å². The lowest BCUT2D eigenvalue weighted by molar-refractivity contribution is -0.134. The second-order valence-electron chi connectivity index (χ2n) is 6.16. The quantitative estimate of drug-likeness (QED) is 0.723. The molecule has 25 heavy (non-hydrogen) atoms. The van der Waals surface area contributed by atoms with Crippen molar-refractivity contribution in [3.05, 3.63) is 42.6 Å². The summed E-state index contributed by atoms with van der Waals surface area (Å²) in [6.45, 7) is 2.52. The summed E-state index contributed by atoms with van der Waals surface area (Å²) < 4.78 is 7.04. The molecular weight excluding hydrogens is 318 g/mol. The zero-order chi connectivity index (χ0) is 17.2. The SMILES string of the molecule is Cn1cc(-c2cc3cc(CC(=O)N4CCOCC4)ncc3cn2)cn1. The Morgan fingerprint density at radius 2 is 1.92 bits per heavy atom. The van der Waals surface area contributed by atoms with Gasteiger partial charge in [-0.1, -0.05) is 0 Å². The summed E-state index contributed by atoms with van der Waals surface area (Å²) in [6, 6.07) is 3.98. The van der Waals surface area contributed by atoms with E-state index in [2.05, 4.69) is 15.1 Å². The molecule has 1 saturated heterocycles. The minimum absolute atomic E-state index is 0.0942. The molecule has 1 fully saturated rings. The van der Waals surface area contributed by atoms with E-state index in [1.165, 1.54) is 0 Å². The molecule has 0 aliphatic carbocycles. The number of morpholine rings is 1. The van der Waals surface area contributed by atoms with E-state index in [0.29, 0.717) is 32.7 Å². The average molecular weight is 337 g/mol. The summed E-state index contributed by atoms with van der Waals surface area (Å²) in [6.07, 6.45) is 7.60. The Kier molecular flexibility index (Phi) is 4.15. The highest BCUT2D eigenvalue weighted by molar-refractivity contribution is 5.86. The van der Waals surface area contributed by atoms with Crippen LogP contribution in [-0.2, 0) is 23.0 Å². The van der Waals surface area contributed by atoms with Crippen LogP contribution >= 0.6 is 0 Å². The predicted octanol–water partition coefficient (Wildman–Crippen LogP) is 1.43. The summed E-state index contributed by atoms with van der Waals surface area (Å²) in [5.74, 6) is 0.0942. The fraction of sp³-hybridized carbons (Fsp3) is 0.333. The fourth-order valence-corrected chi connectivity index (χ4v) is 2.97. The van der Waals surface area contributed by atoms with Gasteiger partial charge in [0.25, 0.3) is 0 Å². The first-order chi connectivity index (χ1) is 12.2. The normalized spacial score (nSPS) is 14.8. The van der Waals surface area contributed by atoms with Gasteiger partial charge in [0.05, 0.1) is 37.2 Å². The van der Waals surface area contributed by atoms with E-state index in [0.717, 1.165) is 27.7 Å². The van der Waals surface area contributed by atoms with Gasteiger partial charge in [0, 0.05) is 49.7 Å². The largest absolute Gasteiger partial charge is 0.378 e. The van der Waals surface area contributed by atoms with E-state index < -0.39 is 0 Å². The van der Waals surface area contributed by atoms with Crippen LogP contribution in [0.25, 0.3) is 22.0 Å². The zero-order valence-corrected chi connectivity index (χ0v) is 14.1. The molecule has 128 valence electrons. The molecule has 0 bridgehead atoms. The van der Waals surface area contributed by atoms with Crippen LogP contribution in [0.1, 0.15) is 5.69 Å². The molecule has 0 radical (unpaired) electrons. The molecule has 0 aromatic carbocycles. The molecule has 7 nitrogen and oxygen atoms in total. The maximum atomic E-state index is 12.4. The summed E-state index contributed by atoms with van der Waals surface area (Å²) in [5.41, 5.74) is 2.59. The summed E-state index contributed by atoms with van der Waals surface area (Å²) in [4.78, 5) is 23.1. The molecule has 1 aliphatic heterocycles. The molecular formula is C18H19N5O2. The third-order valence-corrected chi connectivity index (χ3v) is 4.36. The minimum atomic E-state index is 0.0942. The number of aromatic nitrogens is 4. The van der Waals surface area contributed by atoms with Crippen LogP contribution in [0.15, 0.2) is 36.9 Å². The number of aryl methyl sites for hydroxylation is 1. The van der Waals surface area contributed by atoms with E-state index in [1.807, 2.05) is 30.3 Å². The van der Waals surface area contributed by atoms with E-state index in [4.69, 9.17) is 4.74 Å². The van der Waals surface area contributed by atoms with Crippen molar-refractivity contribution in [2.24, 2.45) is 7.05 Å². The van der Waals surface area contributed by atoms with Crippen LogP contribution in [0.5, 0.6) is 0 Å². The van der Waals surface area contributed by atoms with Crippen molar-refractivity contribution in [3.63, 3.8) is 0 Å². The lowest BCUT2D eigenvalue weighted by Gasteiger charge is -2.26. The van der Waals surface area contributed by atoms with Gasteiger partial charge in [-0.15, -0.1) is 0 Å². The van der Waals surface area contributed by atoms with E-state index >= 15 is 0 Å². The molecule has 0 N–H and O–H groups in total. The van der Waals surface area contributed by atoms with Gasteiger partial charge in [0.15, 0.2) is 0 Å². The van der Waals surface area contributed by atoms with Crippen molar-refractivity contribution < 1.29 is 9.53 Å². The van der Waals surface area contributed by atoms with Gasteiger partial charge < -0.3 is 9.64 Å². The maximum Gasteiger partial charge on any atom is 0.228 e. The monoisotopic (exact) mass is 337 g/mol. The number of rotatable bonds is 3. The number of hydrogen-bond donors (Lipinski definition) is 0. The molecule has 4 heterocycles. The number of carbonyl (C=O) groups is 1. The summed E-state index contributed by atoms with van der Waals surface area (Å²) >= 11 is 0. The van der Waals surface area contributed by atoms with E-state index in [-0.39, 0.29) is 5.91 Å². The summed E-state index contributed by atoms with van der Waals surface area (Å²) in [7, 11) is 1.88. The van der Waals surface area contributed by atoms with Crippen LogP contribution in [0.2, 0.25) is 0 Å². The van der Waals surface area contributed by atoms with Crippen molar-refractivity contribution in [2.75, 3.05) is 26.3 Å². The highest BCUT2D eigenvalue weighted by Gasteiger charge is 2.17. The lowest BCUT2D eigenvalue weighted by atomic mass is 10.1. The third kappa shape index (κ3) is 3.36. The third-order valence-electron chi connectivity index (χ3n) is 4.36. The fourth-order valence-electron chi connectivity index (χ4n) is 2.97. The first-order valence-corrected chi connectivity index (χ1v) is 8.28. The molecule has 3 aromatic heterocycles. The number of amides is 1. The van der Waals surface area contributed by atoms with Crippen LogP contribution in [-0.4, -0.2) is 56.9 Å². The van der Waals surface area contributed by atoms with Crippen molar-refractivity contribution in [1.82, 2.24) is 24.6 Å².